The van der Waals surface area contributed by atoms with Crippen molar-refractivity contribution in [2.75, 3.05) is 0 Å². The van der Waals surface area contributed by atoms with Gasteiger partial charge in [-0.1, -0.05) is 36.4 Å². The summed E-state index contributed by atoms with van der Waals surface area (Å²) in [7, 11) is 0. The van der Waals surface area contributed by atoms with E-state index in [2.05, 4.69) is 11.6 Å². The first-order chi connectivity index (χ1) is 9.69. The standard InChI is InChI=1S/C17H11ClFN/c1-2-16-13(11-5-3-6-12(19)9-11)10-14-15(18)7-4-8-17(14)20-16/h2-10H,1H2. The van der Waals surface area contributed by atoms with Gasteiger partial charge in [0.15, 0.2) is 0 Å². The zero-order valence-corrected chi connectivity index (χ0v) is 11.4. The van der Waals surface area contributed by atoms with Crippen molar-refractivity contribution in [2.24, 2.45) is 0 Å². The first-order valence-corrected chi connectivity index (χ1v) is 6.54. The zero-order chi connectivity index (χ0) is 14.1. The van der Waals surface area contributed by atoms with Crippen LogP contribution in [0, 0.1) is 5.82 Å². The molecule has 0 aliphatic rings. The summed E-state index contributed by atoms with van der Waals surface area (Å²) in [4.78, 5) is 4.54. The number of fused-ring (bicyclic) bond motifs is 1. The molecule has 0 N–H and O–H groups in total. The minimum absolute atomic E-state index is 0.281. The Bertz CT molecular complexity index is 811. The van der Waals surface area contributed by atoms with E-state index in [9.17, 15) is 4.39 Å². The maximum atomic E-state index is 13.4. The summed E-state index contributed by atoms with van der Waals surface area (Å²) in [5, 5.41) is 1.47. The number of aromatic nitrogens is 1. The predicted molar refractivity (Wildman–Crippen MR) is 82.2 cm³/mol. The topological polar surface area (TPSA) is 12.9 Å². The Morgan fingerprint density at radius 2 is 1.90 bits per heavy atom. The highest BCUT2D eigenvalue weighted by molar-refractivity contribution is 6.35. The fourth-order valence-electron chi connectivity index (χ4n) is 2.22. The molecule has 1 nitrogen and oxygen atoms in total. The summed E-state index contributed by atoms with van der Waals surface area (Å²) >= 11 is 6.20. The van der Waals surface area contributed by atoms with E-state index in [0.717, 1.165) is 22.0 Å². The Morgan fingerprint density at radius 3 is 2.65 bits per heavy atom. The Morgan fingerprint density at radius 1 is 1.10 bits per heavy atom. The second-order valence-corrected chi connectivity index (χ2v) is 4.85. The first kappa shape index (κ1) is 12.8. The van der Waals surface area contributed by atoms with E-state index in [1.807, 2.05) is 30.3 Å². The lowest BCUT2D eigenvalue weighted by Crippen LogP contribution is -1.91. The van der Waals surface area contributed by atoms with Gasteiger partial charge in [0.05, 0.1) is 11.2 Å². The van der Waals surface area contributed by atoms with Crippen LogP contribution in [0.5, 0.6) is 0 Å². The van der Waals surface area contributed by atoms with Crippen LogP contribution >= 0.6 is 11.6 Å². The summed E-state index contributed by atoms with van der Waals surface area (Å²) in [6.45, 7) is 3.78. The van der Waals surface area contributed by atoms with Crippen molar-refractivity contribution in [2.45, 2.75) is 0 Å². The minimum Gasteiger partial charge on any atom is -0.248 e. The fourth-order valence-corrected chi connectivity index (χ4v) is 2.44. The van der Waals surface area contributed by atoms with Crippen molar-refractivity contribution in [3.05, 3.63) is 71.6 Å². The third-order valence-corrected chi connectivity index (χ3v) is 3.49. The van der Waals surface area contributed by atoms with E-state index in [1.54, 1.807) is 12.1 Å². The molecule has 0 fully saturated rings. The largest absolute Gasteiger partial charge is 0.248 e. The van der Waals surface area contributed by atoms with Gasteiger partial charge < -0.3 is 0 Å². The van der Waals surface area contributed by atoms with Crippen molar-refractivity contribution < 1.29 is 4.39 Å². The van der Waals surface area contributed by atoms with Gasteiger partial charge in [-0.3, -0.25) is 0 Å². The lowest BCUT2D eigenvalue weighted by Gasteiger charge is -2.09. The molecular weight excluding hydrogens is 273 g/mol. The third kappa shape index (κ3) is 2.19. The molecule has 0 bridgehead atoms. The molecule has 20 heavy (non-hydrogen) atoms. The lowest BCUT2D eigenvalue weighted by molar-refractivity contribution is 0.628. The molecule has 1 heterocycles. The van der Waals surface area contributed by atoms with Crippen LogP contribution in [-0.4, -0.2) is 4.98 Å². The van der Waals surface area contributed by atoms with Gasteiger partial charge in [-0.05, 0) is 42.0 Å². The van der Waals surface area contributed by atoms with Gasteiger partial charge in [-0.25, -0.2) is 9.37 Å². The normalized spacial score (nSPS) is 10.7. The third-order valence-electron chi connectivity index (χ3n) is 3.16. The maximum absolute atomic E-state index is 13.4. The Kier molecular flexibility index (Phi) is 3.25. The quantitative estimate of drug-likeness (QED) is 0.619. The molecule has 0 saturated heterocycles. The van der Waals surface area contributed by atoms with Gasteiger partial charge in [0.2, 0.25) is 0 Å². The monoisotopic (exact) mass is 283 g/mol. The van der Waals surface area contributed by atoms with Crippen LogP contribution in [0.25, 0.3) is 28.1 Å². The fraction of sp³-hybridized carbons (Fsp3) is 0. The van der Waals surface area contributed by atoms with Crippen LogP contribution in [0.15, 0.2) is 55.1 Å². The van der Waals surface area contributed by atoms with E-state index >= 15 is 0 Å². The number of rotatable bonds is 2. The Labute approximate surface area is 121 Å². The number of nitrogens with zero attached hydrogens (tertiary/aromatic N) is 1. The Balaban J connectivity index is 2.34. The highest BCUT2D eigenvalue weighted by Gasteiger charge is 2.09. The molecule has 98 valence electrons. The number of pyridine rings is 1. The molecule has 0 amide bonds. The molecule has 0 radical (unpaired) electrons. The molecule has 3 rings (SSSR count). The molecule has 0 aliphatic carbocycles. The predicted octanol–water partition coefficient (Wildman–Crippen LogP) is 5.34. The average molecular weight is 284 g/mol. The minimum atomic E-state index is -0.281. The zero-order valence-electron chi connectivity index (χ0n) is 10.6. The smallest absolute Gasteiger partial charge is 0.123 e. The number of halogens is 2. The van der Waals surface area contributed by atoms with Gasteiger partial charge >= 0.3 is 0 Å². The number of benzene rings is 2. The van der Waals surface area contributed by atoms with Crippen molar-refractivity contribution in [3.63, 3.8) is 0 Å². The van der Waals surface area contributed by atoms with Crippen molar-refractivity contribution in [3.8, 4) is 11.1 Å². The van der Waals surface area contributed by atoms with Crippen LogP contribution < -0.4 is 0 Å². The van der Waals surface area contributed by atoms with E-state index < -0.39 is 0 Å². The number of hydrogen-bond acceptors (Lipinski definition) is 1. The average Bonchev–Trinajstić information content (AvgIpc) is 2.46. The molecule has 0 saturated carbocycles. The number of hydrogen-bond donors (Lipinski definition) is 0. The highest BCUT2D eigenvalue weighted by Crippen LogP contribution is 2.31. The van der Waals surface area contributed by atoms with Crippen molar-refractivity contribution in [1.82, 2.24) is 4.98 Å². The first-order valence-electron chi connectivity index (χ1n) is 6.16. The van der Waals surface area contributed by atoms with Crippen molar-refractivity contribution >= 4 is 28.6 Å². The summed E-state index contributed by atoms with van der Waals surface area (Å²) in [6.07, 6.45) is 1.67. The molecular formula is C17H11ClFN. The summed E-state index contributed by atoms with van der Waals surface area (Å²) < 4.78 is 13.4. The molecule has 3 heteroatoms. The van der Waals surface area contributed by atoms with Gasteiger partial charge in [0, 0.05) is 16.0 Å². The summed E-state index contributed by atoms with van der Waals surface area (Å²) in [6, 6.07) is 13.9. The van der Waals surface area contributed by atoms with E-state index in [4.69, 9.17) is 11.6 Å². The highest BCUT2D eigenvalue weighted by atomic mass is 35.5. The van der Waals surface area contributed by atoms with Gasteiger partial charge in [0.25, 0.3) is 0 Å². The van der Waals surface area contributed by atoms with Gasteiger partial charge in [-0.2, -0.15) is 0 Å². The molecule has 0 unspecified atom stereocenters. The van der Waals surface area contributed by atoms with Crippen LogP contribution in [0.4, 0.5) is 4.39 Å². The lowest BCUT2D eigenvalue weighted by atomic mass is 10.0. The van der Waals surface area contributed by atoms with Gasteiger partial charge in [-0.15, -0.1) is 0 Å². The van der Waals surface area contributed by atoms with E-state index in [0.29, 0.717) is 10.7 Å². The van der Waals surface area contributed by atoms with Crippen LogP contribution in [0.2, 0.25) is 5.02 Å². The molecule has 1 aromatic heterocycles. The summed E-state index contributed by atoms with van der Waals surface area (Å²) in [5.74, 6) is -0.281. The van der Waals surface area contributed by atoms with Crippen LogP contribution in [0.3, 0.4) is 0 Å². The molecule has 0 spiro atoms. The second kappa shape index (κ2) is 5.06. The SMILES string of the molecule is C=Cc1nc2cccc(Cl)c2cc1-c1cccc(F)c1. The maximum Gasteiger partial charge on any atom is 0.123 e. The molecule has 0 aliphatic heterocycles. The molecule has 3 aromatic rings. The van der Waals surface area contributed by atoms with E-state index in [1.165, 1.54) is 12.1 Å². The van der Waals surface area contributed by atoms with Crippen molar-refractivity contribution in [1.29, 1.82) is 0 Å². The Hall–Kier alpha value is -2.19. The molecule has 0 atom stereocenters. The molecule has 2 aromatic carbocycles. The second-order valence-electron chi connectivity index (χ2n) is 4.44. The van der Waals surface area contributed by atoms with Crippen LogP contribution in [0.1, 0.15) is 5.69 Å². The van der Waals surface area contributed by atoms with Gasteiger partial charge in [0.1, 0.15) is 5.82 Å². The van der Waals surface area contributed by atoms with E-state index in [-0.39, 0.29) is 5.82 Å². The van der Waals surface area contributed by atoms with Crippen LogP contribution in [-0.2, 0) is 0 Å². The summed E-state index contributed by atoms with van der Waals surface area (Å²) in [5.41, 5.74) is 3.09.